The highest BCUT2D eigenvalue weighted by Crippen LogP contribution is 2.29. The third kappa shape index (κ3) is 7.51. The lowest BCUT2D eigenvalue weighted by Gasteiger charge is -2.45. The van der Waals surface area contributed by atoms with Crippen molar-refractivity contribution in [2.24, 2.45) is 11.3 Å². The van der Waals surface area contributed by atoms with Crippen molar-refractivity contribution in [2.45, 2.75) is 45.7 Å². The minimum Gasteiger partial charge on any atom is -0.379 e. The normalized spacial score (nSPS) is 22.2. The van der Waals surface area contributed by atoms with E-state index in [0.29, 0.717) is 18.4 Å². The molecule has 1 N–H and O–H groups in total. The van der Waals surface area contributed by atoms with Gasteiger partial charge in [-0.3, -0.25) is 14.6 Å². The molecule has 0 aromatic heterocycles. The van der Waals surface area contributed by atoms with Gasteiger partial charge in [0.25, 0.3) is 0 Å². The minimum absolute atomic E-state index is 0.0651. The maximum Gasteiger partial charge on any atom is 0.220 e. The third-order valence-corrected chi connectivity index (χ3v) is 7.82. The zero-order valence-corrected chi connectivity index (χ0v) is 22.8. The molecule has 2 fully saturated rings. The number of piperidine rings is 1. The Labute approximate surface area is 218 Å². The molecule has 2 saturated heterocycles. The summed E-state index contributed by atoms with van der Waals surface area (Å²) in [5.41, 5.74) is 1.47. The quantitative estimate of drug-likeness (QED) is 0.544. The van der Waals surface area contributed by atoms with Gasteiger partial charge >= 0.3 is 0 Å². The van der Waals surface area contributed by atoms with Gasteiger partial charge in [0.2, 0.25) is 5.91 Å². The number of carbonyl (C=O) groups is 1. The fourth-order valence-electron chi connectivity index (χ4n) is 6.24. The average molecular weight is 495 g/mol. The van der Waals surface area contributed by atoms with Crippen molar-refractivity contribution >= 4 is 16.7 Å². The number of morpholine rings is 1. The lowest BCUT2D eigenvalue weighted by molar-refractivity contribution is -0.122. The fraction of sp³-hybridized carbons (Fsp3) is 0.633. The predicted octanol–water partition coefficient (Wildman–Crippen LogP) is 3.85. The number of ether oxygens (including phenoxy) is 1. The summed E-state index contributed by atoms with van der Waals surface area (Å²) in [7, 11) is 4.17. The zero-order valence-electron chi connectivity index (χ0n) is 22.8. The Balaban J connectivity index is 1.38. The second-order valence-electron chi connectivity index (χ2n) is 11.9. The molecule has 6 heteroatoms. The average Bonchev–Trinajstić information content (AvgIpc) is 2.86. The van der Waals surface area contributed by atoms with Crippen molar-refractivity contribution in [3.63, 3.8) is 0 Å². The fourth-order valence-corrected chi connectivity index (χ4v) is 6.24. The Morgan fingerprint density at radius 1 is 1.08 bits per heavy atom. The summed E-state index contributed by atoms with van der Waals surface area (Å²) in [5, 5.41) is 5.88. The van der Waals surface area contributed by atoms with Crippen LogP contribution < -0.4 is 5.32 Å². The summed E-state index contributed by atoms with van der Waals surface area (Å²) in [5.74, 6) is 0.682. The highest BCUT2D eigenvalue weighted by molar-refractivity contribution is 5.85. The van der Waals surface area contributed by atoms with Crippen LogP contribution in [0, 0.1) is 11.3 Å². The van der Waals surface area contributed by atoms with E-state index in [0.717, 1.165) is 71.9 Å². The summed E-state index contributed by atoms with van der Waals surface area (Å²) in [6.07, 6.45) is 2.70. The number of carbonyl (C=O) groups excluding carboxylic acids is 1. The molecule has 0 unspecified atom stereocenters. The monoisotopic (exact) mass is 494 g/mol. The van der Waals surface area contributed by atoms with Gasteiger partial charge in [0.15, 0.2) is 0 Å². The molecule has 198 valence electrons. The van der Waals surface area contributed by atoms with Gasteiger partial charge in [0, 0.05) is 51.7 Å². The first-order valence-electron chi connectivity index (χ1n) is 13.7. The Bertz CT molecular complexity index is 981. The van der Waals surface area contributed by atoms with Gasteiger partial charge in [-0.1, -0.05) is 56.3 Å². The number of likely N-dealkylation sites (tertiary alicyclic amines) is 1. The summed E-state index contributed by atoms with van der Waals surface area (Å²) >= 11 is 0. The minimum atomic E-state index is 0.0651. The Kier molecular flexibility index (Phi) is 9.40. The molecule has 2 atom stereocenters. The summed E-state index contributed by atoms with van der Waals surface area (Å²) in [4.78, 5) is 20.3. The molecule has 0 spiro atoms. The molecule has 2 heterocycles. The van der Waals surface area contributed by atoms with E-state index in [1.807, 2.05) is 0 Å². The Morgan fingerprint density at radius 3 is 2.61 bits per heavy atom. The van der Waals surface area contributed by atoms with E-state index in [1.165, 1.54) is 16.3 Å². The lowest BCUT2D eigenvalue weighted by atomic mass is 9.86. The Hall–Kier alpha value is -1.99. The maximum absolute atomic E-state index is 12.8. The van der Waals surface area contributed by atoms with Gasteiger partial charge in [-0.2, -0.15) is 0 Å². The van der Waals surface area contributed by atoms with E-state index in [4.69, 9.17) is 4.74 Å². The first-order chi connectivity index (χ1) is 17.3. The molecule has 0 aliphatic carbocycles. The highest BCUT2D eigenvalue weighted by Gasteiger charge is 2.34. The highest BCUT2D eigenvalue weighted by atomic mass is 16.5. The molecular formula is C30H46N4O2. The third-order valence-electron chi connectivity index (χ3n) is 7.82. The van der Waals surface area contributed by atoms with Crippen LogP contribution >= 0.6 is 0 Å². The van der Waals surface area contributed by atoms with Crippen molar-refractivity contribution in [1.82, 2.24) is 20.0 Å². The molecule has 2 aromatic carbocycles. The summed E-state index contributed by atoms with van der Waals surface area (Å²) < 4.78 is 5.64. The van der Waals surface area contributed by atoms with Crippen molar-refractivity contribution < 1.29 is 9.53 Å². The van der Waals surface area contributed by atoms with E-state index in [9.17, 15) is 4.79 Å². The van der Waals surface area contributed by atoms with Crippen LogP contribution in [0.5, 0.6) is 0 Å². The molecule has 0 saturated carbocycles. The van der Waals surface area contributed by atoms with Gasteiger partial charge < -0.3 is 15.0 Å². The molecule has 0 bridgehead atoms. The van der Waals surface area contributed by atoms with Gasteiger partial charge in [0.1, 0.15) is 0 Å². The molecule has 6 nitrogen and oxygen atoms in total. The smallest absolute Gasteiger partial charge is 0.220 e. The Morgan fingerprint density at radius 2 is 1.83 bits per heavy atom. The zero-order chi connectivity index (χ0) is 25.5. The molecule has 4 rings (SSSR count). The van der Waals surface area contributed by atoms with Crippen molar-refractivity contribution in [2.75, 3.05) is 66.6 Å². The number of hydrogen-bond donors (Lipinski definition) is 1. The molecule has 36 heavy (non-hydrogen) atoms. The van der Waals surface area contributed by atoms with Crippen molar-refractivity contribution in [3.05, 3.63) is 48.0 Å². The van der Waals surface area contributed by atoms with Crippen LogP contribution in [0.15, 0.2) is 42.5 Å². The molecule has 2 aromatic rings. The van der Waals surface area contributed by atoms with E-state index in [-0.39, 0.29) is 11.3 Å². The van der Waals surface area contributed by atoms with Crippen LogP contribution in [0.2, 0.25) is 0 Å². The van der Waals surface area contributed by atoms with E-state index < -0.39 is 0 Å². The van der Waals surface area contributed by atoms with Crippen LogP contribution in [-0.4, -0.2) is 93.2 Å². The number of hydrogen-bond acceptors (Lipinski definition) is 5. The van der Waals surface area contributed by atoms with Gasteiger partial charge in [-0.15, -0.1) is 0 Å². The van der Waals surface area contributed by atoms with Crippen LogP contribution in [0.25, 0.3) is 10.8 Å². The first-order valence-corrected chi connectivity index (χ1v) is 13.7. The SMILES string of the molecule is CN(C)CC(C)(C)CNC(=O)CC[C@@H]1CN(Cc2cccc3ccccc23)CC[C@@H]1N1CCOCC1. The van der Waals surface area contributed by atoms with Crippen molar-refractivity contribution in [1.29, 1.82) is 0 Å². The van der Waals surface area contributed by atoms with Gasteiger partial charge in [0.05, 0.1) is 13.2 Å². The number of benzene rings is 2. The standard InChI is InChI=1S/C30H46N4O2/c1-30(2,23-32(3)4)22-31-29(35)13-12-26-21-33(15-14-28(26)34-16-18-36-19-17-34)20-25-10-7-9-24-8-5-6-11-27(24)25/h5-11,26,28H,12-23H2,1-4H3,(H,31,35)/t26-,28+/m1/s1. The lowest BCUT2D eigenvalue weighted by Crippen LogP contribution is -2.54. The second-order valence-corrected chi connectivity index (χ2v) is 11.9. The van der Waals surface area contributed by atoms with Gasteiger partial charge in [-0.05, 0) is 61.2 Å². The van der Waals surface area contributed by atoms with Crippen LogP contribution in [0.4, 0.5) is 0 Å². The topological polar surface area (TPSA) is 48.1 Å². The molecule has 1 amide bonds. The molecule has 2 aliphatic heterocycles. The van der Waals surface area contributed by atoms with Crippen LogP contribution in [-0.2, 0) is 16.1 Å². The van der Waals surface area contributed by atoms with Crippen molar-refractivity contribution in [3.8, 4) is 0 Å². The first kappa shape index (κ1) is 27.1. The van der Waals surface area contributed by atoms with E-state index in [1.54, 1.807) is 0 Å². The van der Waals surface area contributed by atoms with Crippen LogP contribution in [0.3, 0.4) is 0 Å². The number of amides is 1. The number of nitrogens with one attached hydrogen (secondary N) is 1. The van der Waals surface area contributed by atoms with Gasteiger partial charge in [-0.25, -0.2) is 0 Å². The number of nitrogens with zero attached hydrogens (tertiary/aromatic N) is 3. The number of rotatable bonds is 10. The summed E-state index contributed by atoms with van der Waals surface area (Å²) in [6.45, 7) is 12.9. The maximum atomic E-state index is 12.8. The summed E-state index contributed by atoms with van der Waals surface area (Å²) in [6, 6.07) is 15.9. The van der Waals surface area contributed by atoms with E-state index in [2.05, 4.69) is 90.4 Å². The number of fused-ring (bicyclic) bond motifs is 1. The van der Waals surface area contributed by atoms with E-state index >= 15 is 0 Å². The molecular weight excluding hydrogens is 448 g/mol. The second kappa shape index (κ2) is 12.5. The largest absolute Gasteiger partial charge is 0.379 e. The molecule has 0 radical (unpaired) electrons. The molecule has 2 aliphatic rings. The van der Waals surface area contributed by atoms with Crippen LogP contribution in [0.1, 0.15) is 38.7 Å². The predicted molar refractivity (Wildman–Crippen MR) is 148 cm³/mol.